The Morgan fingerprint density at radius 1 is 1.21 bits per heavy atom. The number of hydrogen-bond donors (Lipinski definition) is 0. The van der Waals surface area contributed by atoms with Crippen molar-refractivity contribution in [3.05, 3.63) is 83.2 Å². The Morgan fingerprint density at radius 3 is 2.48 bits per heavy atom. The van der Waals surface area contributed by atoms with Crippen molar-refractivity contribution in [1.82, 2.24) is 0 Å². The second-order valence-corrected chi connectivity index (χ2v) is 10.1. The van der Waals surface area contributed by atoms with Crippen LogP contribution in [0.1, 0.15) is 44.7 Å². The summed E-state index contributed by atoms with van der Waals surface area (Å²) in [6.45, 7) is 17.7. The molecule has 0 aliphatic rings. The summed E-state index contributed by atoms with van der Waals surface area (Å²) in [7, 11) is 0. The van der Waals surface area contributed by atoms with Crippen LogP contribution in [-0.4, -0.2) is 45.8 Å². The molecule has 0 aliphatic heterocycles. The Balaban J connectivity index is 0.00000544. The van der Waals surface area contributed by atoms with Crippen LogP contribution in [0.4, 0.5) is 0 Å². The molecule has 7 heteroatoms. The number of thioether (sulfide) groups is 1. The van der Waals surface area contributed by atoms with Crippen molar-refractivity contribution in [3.8, 4) is 0 Å². The lowest BCUT2D eigenvalue weighted by atomic mass is 10.2. The fraction of sp³-hybridized carbons (Fsp3) is 0.423. The van der Waals surface area contributed by atoms with Gasteiger partial charge in [0.25, 0.3) is 4.87 Å². The van der Waals surface area contributed by atoms with E-state index in [4.69, 9.17) is 23.5 Å². The largest absolute Gasteiger partial charge is 1.00 e. The van der Waals surface area contributed by atoms with Crippen LogP contribution >= 0.6 is 24.0 Å². The van der Waals surface area contributed by atoms with Crippen LogP contribution in [-0.2, 0) is 16.1 Å². The molecule has 0 saturated heterocycles. The highest BCUT2D eigenvalue weighted by atomic mass is 79.9. The van der Waals surface area contributed by atoms with E-state index in [-0.39, 0.29) is 29.4 Å². The molecule has 0 saturated carbocycles. The Labute approximate surface area is 218 Å². The summed E-state index contributed by atoms with van der Waals surface area (Å²) in [5.74, 6) is -0.265. The minimum Gasteiger partial charge on any atom is -1.00 e. The molecule has 0 bridgehead atoms. The average Bonchev–Trinajstić information content (AvgIpc) is 2.83. The second kappa shape index (κ2) is 14.4. The Hall–Kier alpha value is -1.90. The number of nitrogens with zero attached hydrogens (tertiary/aromatic N) is 2. The molecule has 4 nitrogen and oxygen atoms in total. The molecule has 0 heterocycles. The lowest BCUT2D eigenvalue weighted by molar-refractivity contribution is -0.937. The fourth-order valence-electron chi connectivity index (χ4n) is 3.43. The third-order valence-electron chi connectivity index (χ3n) is 5.76. The van der Waals surface area contributed by atoms with E-state index >= 15 is 0 Å². The van der Waals surface area contributed by atoms with Crippen LogP contribution in [0.2, 0.25) is 0 Å². The maximum absolute atomic E-state index is 12.4. The van der Waals surface area contributed by atoms with Crippen LogP contribution in [0.3, 0.4) is 0 Å². The highest BCUT2D eigenvalue weighted by molar-refractivity contribution is 8.24. The topological polar surface area (TPSA) is 30.7 Å². The number of esters is 1. The molecule has 2 rings (SSSR count). The van der Waals surface area contributed by atoms with E-state index in [2.05, 4.69) is 36.9 Å². The predicted octanol–water partition coefficient (Wildman–Crippen LogP) is 2.72. The number of hydrogen-bond acceptors (Lipinski definition) is 4. The van der Waals surface area contributed by atoms with Gasteiger partial charge in [0.2, 0.25) is 0 Å². The van der Waals surface area contributed by atoms with Crippen molar-refractivity contribution in [2.24, 2.45) is 0 Å². The summed E-state index contributed by atoms with van der Waals surface area (Å²) < 4.78 is 7.06. The first-order valence-electron chi connectivity index (χ1n) is 10.9. The van der Waals surface area contributed by atoms with Gasteiger partial charge in [-0.25, -0.2) is 6.57 Å². The first-order chi connectivity index (χ1) is 15.4. The highest BCUT2D eigenvalue weighted by Gasteiger charge is 2.34. The van der Waals surface area contributed by atoms with Crippen molar-refractivity contribution in [1.29, 1.82) is 0 Å². The van der Waals surface area contributed by atoms with Gasteiger partial charge in [0.15, 0.2) is 0 Å². The molecule has 1 unspecified atom stereocenters. The van der Waals surface area contributed by atoms with E-state index in [1.165, 1.54) is 17.3 Å². The molecule has 0 fully saturated rings. The molecule has 33 heavy (non-hydrogen) atoms. The normalized spacial score (nSPS) is 12.4. The maximum Gasteiger partial charge on any atom is 0.306 e. The first-order valence-corrected chi connectivity index (χ1v) is 12.1. The van der Waals surface area contributed by atoms with Gasteiger partial charge in [-0.3, -0.25) is 9.64 Å². The molecule has 2 aromatic carbocycles. The Bertz CT molecular complexity index is 915. The van der Waals surface area contributed by atoms with Crippen molar-refractivity contribution >= 4 is 34.1 Å². The lowest BCUT2D eigenvalue weighted by Crippen LogP contribution is -3.00. The lowest BCUT2D eigenvalue weighted by Gasteiger charge is -2.36. The monoisotopic (exact) mass is 546 g/mol. The zero-order valence-electron chi connectivity index (χ0n) is 19.5. The van der Waals surface area contributed by atoms with Gasteiger partial charge in [0.05, 0.1) is 23.7 Å². The molecule has 0 aromatic heterocycles. The fourth-order valence-corrected chi connectivity index (χ4v) is 5.01. The summed E-state index contributed by atoms with van der Waals surface area (Å²) in [5.41, 5.74) is 2.13. The standard InChI is InChI=1S/C26H31N2O2S2.BrH/c1-5-28(6-2,21-22-13-9-7-10-14-22)19-20-30-24(29)17-18-26(3,27-4)32-25(31)23-15-11-8-12-16-23;/h8-9,11-16H,5-6,17-21H2,1-3H3;1H/q+1;/p-1. The molecule has 0 spiro atoms. The van der Waals surface area contributed by atoms with Crippen molar-refractivity contribution in [3.63, 3.8) is 0 Å². The minimum absolute atomic E-state index is 0. The average molecular weight is 548 g/mol. The van der Waals surface area contributed by atoms with Crippen molar-refractivity contribution in [2.75, 3.05) is 26.2 Å². The molecule has 0 amide bonds. The van der Waals surface area contributed by atoms with Crippen LogP contribution in [0, 0.1) is 18.7 Å². The number of carbonyl (C=O) groups is 1. The minimum atomic E-state index is -0.792. The van der Waals surface area contributed by atoms with Gasteiger partial charge >= 0.3 is 5.97 Å². The van der Waals surface area contributed by atoms with Gasteiger partial charge in [-0.2, -0.15) is 0 Å². The molecular formula is C26H31BrN2O2S2. The summed E-state index contributed by atoms with van der Waals surface area (Å²) in [6, 6.07) is 21.5. The van der Waals surface area contributed by atoms with Crippen LogP contribution < -0.4 is 17.0 Å². The SMILES string of the molecule is [Br-].[C-]#[N+]C(C)(CCC(=O)OCC[N+](CC)(CC)Cc1cc#ccc1)SC(=S)c1ccccc1. The van der Waals surface area contributed by atoms with Gasteiger partial charge in [-0.05, 0) is 49.4 Å². The van der Waals surface area contributed by atoms with Crippen molar-refractivity contribution < 1.29 is 31.0 Å². The molecular weight excluding hydrogens is 516 g/mol. The number of rotatable bonds is 12. The summed E-state index contributed by atoms with van der Waals surface area (Å²) in [5, 5.41) is 0. The quantitative estimate of drug-likeness (QED) is 0.177. The van der Waals surface area contributed by atoms with Gasteiger partial charge < -0.3 is 26.2 Å². The van der Waals surface area contributed by atoms with Crippen LogP contribution in [0.25, 0.3) is 4.85 Å². The third-order valence-corrected chi connectivity index (χ3v) is 7.40. The molecule has 0 N–H and O–H groups in total. The van der Waals surface area contributed by atoms with Crippen LogP contribution in [0.5, 0.6) is 0 Å². The van der Waals surface area contributed by atoms with Gasteiger partial charge in [0.1, 0.15) is 19.7 Å². The molecule has 1 atom stereocenters. The number of quaternary nitrogens is 1. The number of thiocarbonyl (C=S) groups is 1. The zero-order chi connectivity index (χ0) is 23.5. The Morgan fingerprint density at radius 2 is 1.91 bits per heavy atom. The molecule has 176 valence electrons. The number of ether oxygens (including phenoxy) is 1. The number of likely N-dealkylation sites (N-methyl/N-ethyl adjacent to an activating group) is 1. The van der Waals surface area contributed by atoms with E-state index in [9.17, 15) is 4.79 Å². The van der Waals surface area contributed by atoms with Gasteiger partial charge in [-0.1, -0.05) is 54.7 Å². The molecule has 0 radical (unpaired) electrons. The second-order valence-electron chi connectivity index (χ2n) is 7.96. The van der Waals surface area contributed by atoms with E-state index < -0.39 is 4.87 Å². The smallest absolute Gasteiger partial charge is 0.306 e. The maximum atomic E-state index is 12.4. The van der Waals surface area contributed by atoms with E-state index in [1.807, 2.05) is 49.4 Å². The van der Waals surface area contributed by atoms with Crippen molar-refractivity contribution in [2.45, 2.75) is 45.0 Å². The van der Waals surface area contributed by atoms with E-state index in [0.717, 1.165) is 36.2 Å². The molecule has 2 aromatic rings. The predicted molar refractivity (Wildman–Crippen MR) is 135 cm³/mol. The summed E-state index contributed by atoms with van der Waals surface area (Å²) in [4.78, 5) is 15.4. The Kier molecular flexibility index (Phi) is 12.7. The van der Waals surface area contributed by atoms with Gasteiger partial charge in [-0.15, -0.1) is 0 Å². The van der Waals surface area contributed by atoms with Crippen LogP contribution in [0.15, 0.2) is 48.5 Å². The zero-order valence-corrected chi connectivity index (χ0v) is 22.7. The number of benzene rings is 1. The molecule has 0 aliphatic carbocycles. The highest BCUT2D eigenvalue weighted by Crippen LogP contribution is 2.35. The van der Waals surface area contributed by atoms with E-state index in [1.54, 1.807) is 0 Å². The summed E-state index contributed by atoms with van der Waals surface area (Å²) >= 11 is 6.84. The third kappa shape index (κ3) is 9.47. The van der Waals surface area contributed by atoms with Gasteiger partial charge in [0, 0.05) is 18.9 Å². The number of halogens is 1. The summed E-state index contributed by atoms with van der Waals surface area (Å²) in [6.07, 6.45) is 0.593. The number of carbonyl (C=O) groups excluding carboxylic acids is 1. The van der Waals surface area contributed by atoms with E-state index in [0.29, 0.717) is 17.2 Å². The first kappa shape index (κ1) is 29.1.